The van der Waals surface area contributed by atoms with Gasteiger partial charge < -0.3 is 21.6 Å². The van der Waals surface area contributed by atoms with Gasteiger partial charge in [0.15, 0.2) is 5.84 Å². The Bertz CT molecular complexity index is 545. The van der Waals surface area contributed by atoms with Gasteiger partial charge in [0.2, 0.25) is 0 Å². The lowest BCUT2D eigenvalue weighted by molar-refractivity contribution is 0.241. The van der Waals surface area contributed by atoms with E-state index in [9.17, 15) is 4.79 Å². The maximum Gasteiger partial charge on any atom is 0.320 e. The van der Waals surface area contributed by atoms with Gasteiger partial charge in [-0.15, -0.1) is 0 Å². The van der Waals surface area contributed by atoms with E-state index in [1.165, 1.54) is 6.07 Å². The molecule has 0 fully saturated rings. The van der Waals surface area contributed by atoms with Crippen molar-refractivity contribution in [1.82, 2.24) is 5.32 Å². The third kappa shape index (κ3) is 4.15. The number of halogens is 2. The summed E-state index contributed by atoms with van der Waals surface area (Å²) in [6, 6.07) is 4.25. The average Bonchev–Trinajstić information content (AvgIpc) is 2.47. The Morgan fingerprint density at radius 2 is 1.95 bits per heavy atom. The summed E-state index contributed by atoms with van der Waals surface area (Å²) in [6.07, 6.45) is 0.961. The van der Waals surface area contributed by atoms with Crippen molar-refractivity contribution in [1.29, 1.82) is 0 Å². The molecule has 116 valence electrons. The number of hydrogen-bond acceptors (Lipinski definition) is 3. The minimum absolute atomic E-state index is 0.0446. The second-order valence-corrected chi connectivity index (χ2v) is 5.30. The van der Waals surface area contributed by atoms with Gasteiger partial charge >= 0.3 is 6.03 Å². The van der Waals surface area contributed by atoms with Crippen LogP contribution in [0.1, 0.15) is 26.7 Å². The monoisotopic (exact) mass is 332 g/mol. The molecule has 0 atom stereocenters. The molecule has 0 bridgehead atoms. The van der Waals surface area contributed by atoms with Gasteiger partial charge in [-0.3, -0.25) is 0 Å². The lowest BCUT2D eigenvalue weighted by atomic mass is 9.91. The minimum Gasteiger partial charge on any atom is -0.409 e. The number of oxime groups is 1. The van der Waals surface area contributed by atoms with Crippen molar-refractivity contribution in [2.75, 3.05) is 5.32 Å². The molecule has 0 heterocycles. The normalized spacial score (nSPS) is 12.1. The number of nitrogens with zero attached hydrogens (tertiary/aromatic N) is 1. The van der Waals surface area contributed by atoms with Crippen LogP contribution in [0.4, 0.5) is 10.5 Å². The van der Waals surface area contributed by atoms with Crippen LogP contribution in [-0.2, 0) is 0 Å². The number of urea groups is 1. The first-order valence-corrected chi connectivity index (χ1v) is 7.16. The highest BCUT2D eigenvalue weighted by Crippen LogP contribution is 2.25. The summed E-state index contributed by atoms with van der Waals surface area (Å²) in [5.74, 6) is -0.0446. The molecule has 1 aromatic carbocycles. The number of carbonyl (C=O) groups excluding carboxylic acids is 1. The fourth-order valence-corrected chi connectivity index (χ4v) is 2.20. The van der Waals surface area contributed by atoms with E-state index in [2.05, 4.69) is 15.8 Å². The van der Waals surface area contributed by atoms with Crippen LogP contribution in [0, 0.1) is 0 Å². The quantitative estimate of drug-likeness (QED) is 0.287. The van der Waals surface area contributed by atoms with E-state index in [4.69, 9.17) is 34.1 Å². The SMILES string of the molecule is CCC(CC)(NC(=O)Nc1ccc(Cl)c(Cl)c1)/C(N)=N/O. The first-order valence-electron chi connectivity index (χ1n) is 6.40. The maximum absolute atomic E-state index is 12.1. The Morgan fingerprint density at radius 3 is 2.43 bits per heavy atom. The predicted octanol–water partition coefficient (Wildman–Crippen LogP) is 3.42. The van der Waals surface area contributed by atoms with Gasteiger partial charge in [0, 0.05) is 5.69 Å². The van der Waals surface area contributed by atoms with Crippen molar-refractivity contribution in [2.45, 2.75) is 32.2 Å². The van der Waals surface area contributed by atoms with Crippen LogP contribution in [0.25, 0.3) is 0 Å². The topological polar surface area (TPSA) is 99.7 Å². The molecule has 1 aromatic rings. The molecule has 5 N–H and O–H groups in total. The number of rotatable bonds is 5. The number of hydrogen-bond donors (Lipinski definition) is 4. The average molecular weight is 333 g/mol. The van der Waals surface area contributed by atoms with E-state index in [0.29, 0.717) is 28.6 Å². The number of nitrogens with two attached hydrogens (primary N) is 1. The lowest BCUT2D eigenvalue weighted by Gasteiger charge is -2.31. The summed E-state index contributed by atoms with van der Waals surface area (Å²) in [5.41, 5.74) is 5.26. The molecule has 0 radical (unpaired) electrons. The number of carbonyl (C=O) groups is 1. The fourth-order valence-electron chi connectivity index (χ4n) is 1.90. The van der Waals surface area contributed by atoms with Crippen molar-refractivity contribution in [3.05, 3.63) is 28.2 Å². The number of amidine groups is 1. The van der Waals surface area contributed by atoms with Crippen molar-refractivity contribution in [3.63, 3.8) is 0 Å². The smallest absolute Gasteiger partial charge is 0.320 e. The van der Waals surface area contributed by atoms with Crippen molar-refractivity contribution in [3.8, 4) is 0 Å². The Hall–Kier alpha value is -1.66. The van der Waals surface area contributed by atoms with Gasteiger partial charge in [0.25, 0.3) is 0 Å². The molecular formula is C13H18Cl2N4O2. The zero-order chi connectivity index (χ0) is 16.0. The molecule has 21 heavy (non-hydrogen) atoms. The third-order valence-corrected chi connectivity index (χ3v) is 4.07. The summed E-state index contributed by atoms with van der Waals surface area (Å²) in [5, 5.41) is 17.9. The van der Waals surface area contributed by atoms with Gasteiger partial charge in [-0.25, -0.2) is 4.79 Å². The summed E-state index contributed by atoms with van der Waals surface area (Å²) >= 11 is 11.7. The third-order valence-electron chi connectivity index (χ3n) is 3.34. The molecule has 0 saturated heterocycles. The number of amides is 2. The van der Waals surface area contributed by atoms with Gasteiger partial charge in [-0.05, 0) is 31.0 Å². The summed E-state index contributed by atoms with van der Waals surface area (Å²) in [7, 11) is 0. The van der Waals surface area contributed by atoms with Crippen LogP contribution >= 0.6 is 23.2 Å². The fraction of sp³-hybridized carbons (Fsp3) is 0.385. The second kappa shape index (κ2) is 7.38. The predicted molar refractivity (Wildman–Crippen MR) is 85.3 cm³/mol. The second-order valence-electron chi connectivity index (χ2n) is 4.48. The Kier molecular flexibility index (Phi) is 6.11. The number of nitrogens with one attached hydrogen (secondary N) is 2. The molecule has 1 rings (SSSR count). The van der Waals surface area contributed by atoms with Crippen LogP contribution in [0.5, 0.6) is 0 Å². The van der Waals surface area contributed by atoms with E-state index in [1.807, 2.05) is 13.8 Å². The van der Waals surface area contributed by atoms with Crippen molar-refractivity contribution >= 4 is 40.8 Å². The van der Waals surface area contributed by atoms with Crippen LogP contribution in [0.2, 0.25) is 10.0 Å². The van der Waals surface area contributed by atoms with E-state index >= 15 is 0 Å². The van der Waals surface area contributed by atoms with Crippen LogP contribution < -0.4 is 16.4 Å². The Labute approximate surface area is 133 Å². The van der Waals surface area contributed by atoms with Crippen LogP contribution in [0.3, 0.4) is 0 Å². The zero-order valence-electron chi connectivity index (χ0n) is 11.8. The van der Waals surface area contributed by atoms with Gasteiger partial charge in [0.05, 0.1) is 10.0 Å². The Balaban J connectivity index is 2.86. The summed E-state index contributed by atoms with van der Waals surface area (Å²) < 4.78 is 0. The molecule has 2 amide bonds. The lowest BCUT2D eigenvalue weighted by Crippen LogP contribution is -2.57. The molecule has 8 heteroatoms. The summed E-state index contributed by atoms with van der Waals surface area (Å²) in [4.78, 5) is 12.1. The molecule has 0 aliphatic heterocycles. The molecule has 6 nitrogen and oxygen atoms in total. The van der Waals surface area contributed by atoms with Gasteiger partial charge in [-0.1, -0.05) is 42.2 Å². The number of anilines is 1. The van der Waals surface area contributed by atoms with Crippen LogP contribution in [-0.4, -0.2) is 22.6 Å². The first kappa shape index (κ1) is 17.4. The molecule has 0 spiro atoms. The highest BCUT2D eigenvalue weighted by molar-refractivity contribution is 6.42. The first-order chi connectivity index (χ1) is 9.88. The molecular weight excluding hydrogens is 315 g/mol. The minimum atomic E-state index is -0.908. The van der Waals surface area contributed by atoms with E-state index in [1.54, 1.807) is 12.1 Å². The van der Waals surface area contributed by atoms with E-state index < -0.39 is 11.6 Å². The van der Waals surface area contributed by atoms with E-state index in [-0.39, 0.29) is 5.84 Å². The molecule has 0 unspecified atom stereocenters. The van der Waals surface area contributed by atoms with Crippen molar-refractivity contribution in [2.24, 2.45) is 10.9 Å². The van der Waals surface area contributed by atoms with Crippen molar-refractivity contribution < 1.29 is 10.0 Å². The molecule has 0 aliphatic carbocycles. The maximum atomic E-state index is 12.1. The molecule has 0 saturated carbocycles. The largest absolute Gasteiger partial charge is 0.409 e. The highest BCUT2D eigenvalue weighted by Gasteiger charge is 2.33. The van der Waals surface area contributed by atoms with Crippen LogP contribution in [0.15, 0.2) is 23.4 Å². The Morgan fingerprint density at radius 1 is 1.33 bits per heavy atom. The van der Waals surface area contributed by atoms with Gasteiger partial charge in [0.1, 0.15) is 5.54 Å². The van der Waals surface area contributed by atoms with E-state index in [0.717, 1.165) is 0 Å². The zero-order valence-corrected chi connectivity index (χ0v) is 13.3. The molecule has 0 aromatic heterocycles. The summed E-state index contributed by atoms with van der Waals surface area (Å²) in [6.45, 7) is 3.67. The highest BCUT2D eigenvalue weighted by atomic mass is 35.5. The molecule has 0 aliphatic rings. The van der Waals surface area contributed by atoms with Gasteiger partial charge in [-0.2, -0.15) is 0 Å². The number of benzene rings is 1. The standard InChI is InChI=1S/C13H18Cl2N4O2/c1-3-13(4-2,11(16)19-21)18-12(20)17-8-5-6-9(14)10(15)7-8/h5-7,21H,3-4H2,1-2H3,(H2,16,19)(H2,17,18,20).